The number of benzene rings is 4. The predicted molar refractivity (Wildman–Crippen MR) is 175 cm³/mol. The van der Waals surface area contributed by atoms with Crippen LogP contribution in [0, 0.1) is 5.92 Å². The minimum atomic E-state index is -0.853. The van der Waals surface area contributed by atoms with Gasteiger partial charge in [-0.25, -0.2) is 4.90 Å². The van der Waals surface area contributed by atoms with Crippen LogP contribution >= 0.6 is 34.7 Å². The Hall–Kier alpha value is -4.58. The van der Waals surface area contributed by atoms with Gasteiger partial charge in [0.1, 0.15) is 16.7 Å². The van der Waals surface area contributed by atoms with Crippen LogP contribution in [0.4, 0.5) is 11.4 Å². The van der Waals surface area contributed by atoms with E-state index in [2.05, 4.69) is 10.3 Å². The van der Waals surface area contributed by atoms with Crippen LogP contribution in [0.15, 0.2) is 94.7 Å². The van der Waals surface area contributed by atoms with Crippen LogP contribution in [0.2, 0.25) is 5.02 Å². The van der Waals surface area contributed by atoms with Gasteiger partial charge in [0, 0.05) is 32.5 Å². The first-order valence-corrected chi connectivity index (χ1v) is 16.0. The fourth-order valence-electron chi connectivity index (χ4n) is 5.90. The number of imide groups is 1. The zero-order valence-corrected chi connectivity index (χ0v) is 26.0. The molecule has 12 heteroatoms. The highest BCUT2D eigenvalue weighted by molar-refractivity contribution is 8.00. The minimum Gasteiger partial charge on any atom is -0.497 e. The van der Waals surface area contributed by atoms with Crippen LogP contribution in [0.5, 0.6) is 11.5 Å². The van der Waals surface area contributed by atoms with Gasteiger partial charge in [0.15, 0.2) is 6.61 Å². The molecule has 9 nitrogen and oxygen atoms in total. The van der Waals surface area contributed by atoms with E-state index in [9.17, 15) is 19.2 Å². The maximum Gasteiger partial charge on any atom is 0.305 e. The van der Waals surface area contributed by atoms with Crippen LogP contribution in [0.25, 0.3) is 10.8 Å². The van der Waals surface area contributed by atoms with E-state index in [1.54, 1.807) is 42.5 Å². The molecule has 7 rings (SSSR count). The molecular weight excluding hydrogens is 634 g/mol. The first-order chi connectivity index (χ1) is 21.8. The molecule has 5 aromatic rings. The molecule has 3 heterocycles. The number of hydrogen-bond acceptors (Lipinski definition) is 8. The largest absolute Gasteiger partial charge is 0.497 e. The highest BCUT2D eigenvalue weighted by atomic mass is 35.5. The summed E-state index contributed by atoms with van der Waals surface area (Å²) in [5.41, 5.74) is 1.58. The van der Waals surface area contributed by atoms with Crippen molar-refractivity contribution in [2.24, 2.45) is 5.92 Å². The third-order valence-electron chi connectivity index (χ3n) is 7.88. The smallest absolute Gasteiger partial charge is 0.305 e. The predicted octanol–water partition coefficient (Wildman–Crippen LogP) is 6.06. The standard InChI is InChI=1S/C33H24ClN3O6S2/c1-42-20-12-10-19(11-13-20)37-31(39)27-26(28-30(36-33(41)45-28)44-29(27)32(37)40)22-15-18(34)9-14-24(22)43-16-25(38)35-23-8-4-6-17-5-2-3-7-21(17)23/h2-15,26-27,29H,16H2,1H3,(H,35,38)(H,36,41)/t26-,27?,29?/m1/s1. The number of rotatable bonds is 7. The number of nitrogens with one attached hydrogen (secondary N) is 2. The van der Waals surface area contributed by atoms with Gasteiger partial charge in [0.2, 0.25) is 11.8 Å². The zero-order chi connectivity index (χ0) is 31.2. The van der Waals surface area contributed by atoms with Crippen LogP contribution in [-0.2, 0) is 14.4 Å². The molecular formula is C33H24ClN3O6S2. The molecule has 0 saturated carbocycles. The lowest BCUT2D eigenvalue weighted by Crippen LogP contribution is -2.32. The van der Waals surface area contributed by atoms with Gasteiger partial charge in [-0.2, -0.15) is 0 Å². The molecule has 0 aliphatic carbocycles. The number of anilines is 2. The quantitative estimate of drug-likeness (QED) is 0.204. The van der Waals surface area contributed by atoms with Crippen molar-refractivity contribution in [2.75, 3.05) is 23.9 Å². The average Bonchev–Trinajstić information content (AvgIpc) is 3.54. The van der Waals surface area contributed by atoms with Crippen molar-refractivity contribution < 1.29 is 23.9 Å². The molecule has 45 heavy (non-hydrogen) atoms. The van der Waals surface area contributed by atoms with E-state index in [1.165, 1.54) is 23.8 Å². The Morgan fingerprint density at radius 3 is 2.56 bits per heavy atom. The molecule has 0 bridgehead atoms. The van der Waals surface area contributed by atoms with Gasteiger partial charge in [0.25, 0.3) is 5.91 Å². The van der Waals surface area contributed by atoms with Gasteiger partial charge in [-0.15, -0.1) is 0 Å². The van der Waals surface area contributed by atoms with Gasteiger partial charge in [-0.1, -0.05) is 71.1 Å². The summed E-state index contributed by atoms with van der Waals surface area (Å²) in [6, 6.07) is 25.0. The normalized spacial score (nSPS) is 18.9. The minimum absolute atomic E-state index is 0.302. The molecule has 3 atom stereocenters. The first kappa shape index (κ1) is 29.1. The lowest BCUT2D eigenvalue weighted by molar-refractivity contribution is -0.122. The highest BCUT2D eigenvalue weighted by Gasteiger charge is 2.56. The number of thioether (sulfide) groups is 1. The Balaban J connectivity index is 1.22. The van der Waals surface area contributed by atoms with Gasteiger partial charge in [0.05, 0.1) is 23.7 Å². The summed E-state index contributed by atoms with van der Waals surface area (Å²) in [6.07, 6.45) is 0. The van der Waals surface area contributed by atoms with Crippen LogP contribution in [0.1, 0.15) is 16.4 Å². The lowest BCUT2D eigenvalue weighted by Gasteiger charge is -2.31. The Bertz CT molecular complexity index is 2040. The molecule has 3 amide bonds. The maximum atomic E-state index is 14.1. The Kier molecular flexibility index (Phi) is 7.60. The molecule has 1 saturated heterocycles. The number of methoxy groups -OCH3 is 1. The van der Waals surface area contributed by atoms with Gasteiger partial charge in [-0.3, -0.25) is 19.2 Å². The van der Waals surface area contributed by atoms with Gasteiger partial charge in [-0.05, 0) is 53.9 Å². The highest BCUT2D eigenvalue weighted by Crippen LogP contribution is 2.54. The molecule has 2 unspecified atom stereocenters. The zero-order valence-electron chi connectivity index (χ0n) is 23.6. The molecule has 0 spiro atoms. The molecule has 2 N–H and O–H groups in total. The third-order valence-corrected chi connectivity index (χ3v) is 10.5. The second-order valence-corrected chi connectivity index (χ2v) is 13.1. The van der Waals surface area contributed by atoms with Crippen molar-refractivity contribution in [2.45, 2.75) is 16.2 Å². The summed E-state index contributed by atoms with van der Waals surface area (Å²) in [5.74, 6) is -1.85. The van der Waals surface area contributed by atoms with Crippen molar-refractivity contribution in [1.82, 2.24) is 4.98 Å². The van der Waals surface area contributed by atoms with Crippen molar-refractivity contribution in [3.63, 3.8) is 0 Å². The monoisotopic (exact) mass is 657 g/mol. The third kappa shape index (κ3) is 5.26. The molecule has 1 fully saturated rings. The number of carbonyl (C=O) groups is 3. The average molecular weight is 658 g/mol. The maximum absolute atomic E-state index is 14.1. The number of hydrogen-bond donors (Lipinski definition) is 2. The van der Waals surface area contributed by atoms with Crippen molar-refractivity contribution in [1.29, 1.82) is 0 Å². The fourth-order valence-corrected chi connectivity index (χ4v) is 8.58. The number of nitrogens with zero attached hydrogens (tertiary/aromatic N) is 1. The van der Waals surface area contributed by atoms with Crippen LogP contribution in [-0.4, -0.2) is 41.7 Å². The number of carbonyl (C=O) groups excluding carboxylic acids is 3. The molecule has 2 aliphatic rings. The number of fused-ring (bicyclic) bond motifs is 3. The first-order valence-electron chi connectivity index (χ1n) is 13.9. The molecule has 1 aromatic heterocycles. The van der Waals surface area contributed by atoms with E-state index in [-0.39, 0.29) is 23.3 Å². The lowest BCUT2D eigenvalue weighted by atomic mass is 9.82. The number of halogens is 1. The number of aromatic nitrogens is 1. The molecule has 2 aliphatic heterocycles. The Morgan fingerprint density at radius 2 is 1.76 bits per heavy atom. The van der Waals surface area contributed by atoms with E-state index in [0.717, 1.165) is 22.1 Å². The van der Waals surface area contributed by atoms with E-state index >= 15 is 0 Å². The topological polar surface area (TPSA) is 118 Å². The van der Waals surface area contributed by atoms with E-state index in [4.69, 9.17) is 21.1 Å². The molecule has 0 radical (unpaired) electrons. The fraction of sp³-hybridized carbons (Fsp3) is 0.152. The summed E-state index contributed by atoms with van der Waals surface area (Å²) >= 11 is 8.63. The summed E-state index contributed by atoms with van der Waals surface area (Å²) in [4.78, 5) is 57.9. The van der Waals surface area contributed by atoms with Crippen molar-refractivity contribution >= 4 is 74.6 Å². The van der Waals surface area contributed by atoms with Crippen molar-refractivity contribution in [3.8, 4) is 11.5 Å². The number of H-pyrrole nitrogens is 1. The Morgan fingerprint density at radius 1 is 0.978 bits per heavy atom. The summed E-state index contributed by atoms with van der Waals surface area (Å²) in [7, 11) is 1.54. The molecule has 4 aromatic carbocycles. The second-order valence-electron chi connectivity index (χ2n) is 10.5. The van der Waals surface area contributed by atoms with E-state index < -0.39 is 23.0 Å². The van der Waals surface area contributed by atoms with E-state index in [0.29, 0.717) is 43.4 Å². The number of ether oxygens (including phenoxy) is 2. The van der Waals surface area contributed by atoms with Crippen LogP contribution < -0.4 is 24.6 Å². The van der Waals surface area contributed by atoms with E-state index in [1.807, 2.05) is 42.5 Å². The summed E-state index contributed by atoms with van der Waals surface area (Å²) in [5, 5.41) is 4.89. The number of aromatic amines is 1. The Labute approximate surface area is 270 Å². The van der Waals surface area contributed by atoms with Crippen molar-refractivity contribution in [3.05, 3.63) is 110 Å². The SMILES string of the molecule is COc1ccc(N2C(=O)C3Sc4[nH]c(=O)sc4[C@H](c4cc(Cl)ccc4OCC(=O)Nc4cccc5ccccc45)C3C2=O)cc1. The summed E-state index contributed by atoms with van der Waals surface area (Å²) < 4.78 is 11.3. The van der Waals surface area contributed by atoms with Crippen LogP contribution in [0.3, 0.4) is 0 Å². The number of thiazole rings is 1. The second kappa shape index (κ2) is 11.7. The van der Waals surface area contributed by atoms with Gasteiger partial charge >= 0.3 is 4.87 Å². The summed E-state index contributed by atoms with van der Waals surface area (Å²) in [6.45, 7) is -0.325. The molecule has 226 valence electrons. The number of amides is 3. The van der Waals surface area contributed by atoms with Gasteiger partial charge < -0.3 is 19.8 Å².